The largest absolute Gasteiger partial charge is 0.338 e. The van der Waals surface area contributed by atoms with Crippen molar-refractivity contribution in [3.05, 3.63) is 40.1 Å². The number of carbonyl (C=O) groups excluding carboxylic acids is 1. The van der Waals surface area contributed by atoms with Gasteiger partial charge in [-0.1, -0.05) is 43.5 Å². The summed E-state index contributed by atoms with van der Waals surface area (Å²) in [4.78, 5) is 17.9. The zero-order chi connectivity index (χ0) is 27.3. The lowest BCUT2D eigenvalue weighted by Gasteiger charge is -2.46. The Bertz CT molecular complexity index is 981. The number of carbonyl (C=O) groups is 1. The van der Waals surface area contributed by atoms with Crippen LogP contribution in [0.4, 0.5) is 19.3 Å². The Hall–Kier alpha value is -1.41. The average Bonchev–Trinajstić information content (AvgIpc) is 2.92. The molecule has 0 aromatic heterocycles. The molecule has 0 radical (unpaired) electrons. The van der Waals surface area contributed by atoms with Gasteiger partial charge in [0.25, 0.3) is 0 Å². The average molecular weight is 572 g/mol. The van der Waals surface area contributed by atoms with Crippen molar-refractivity contribution in [2.75, 3.05) is 44.6 Å². The zero-order valence-corrected chi connectivity index (χ0v) is 24.1. The molecule has 2 fully saturated rings. The quantitative estimate of drug-likeness (QED) is 0.344. The summed E-state index contributed by atoms with van der Waals surface area (Å²) >= 11 is 12.0. The second-order valence-electron chi connectivity index (χ2n) is 11.6. The molecule has 4 atom stereocenters. The summed E-state index contributed by atoms with van der Waals surface area (Å²) in [7, 11) is 0. The molecule has 212 valence electrons. The first-order valence-corrected chi connectivity index (χ1v) is 14.9. The molecule has 2 N–H and O–H groups in total. The van der Waals surface area contributed by atoms with Crippen LogP contribution in [-0.2, 0) is 0 Å². The second-order valence-corrected chi connectivity index (χ2v) is 12.4. The van der Waals surface area contributed by atoms with E-state index in [1.54, 1.807) is 25.1 Å². The highest BCUT2D eigenvalue weighted by Crippen LogP contribution is 2.48. The number of nitrogens with zero attached hydrogens (tertiary/aromatic N) is 2. The van der Waals surface area contributed by atoms with Gasteiger partial charge in [0, 0.05) is 18.3 Å². The molecule has 1 aromatic carbocycles. The van der Waals surface area contributed by atoms with Crippen LogP contribution in [0.15, 0.2) is 30.1 Å². The van der Waals surface area contributed by atoms with E-state index in [1.165, 1.54) is 51.3 Å². The van der Waals surface area contributed by atoms with Gasteiger partial charge >= 0.3 is 6.03 Å². The molecule has 2 aliphatic heterocycles. The van der Waals surface area contributed by atoms with Crippen molar-refractivity contribution in [2.45, 2.75) is 71.0 Å². The van der Waals surface area contributed by atoms with Gasteiger partial charge < -0.3 is 20.4 Å². The number of nitrogens with one attached hydrogen (secondary N) is 2. The van der Waals surface area contributed by atoms with E-state index in [0.717, 1.165) is 26.1 Å². The Morgan fingerprint density at radius 2 is 1.84 bits per heavy atom. The normalized spacial score (nSPS) is 28.5. The molecule has 3 aliphatic rings. The molecule has 2 saturated heterocycles. The van der Waals surface area contributed by atoms with Crippen molar-refractivity contribution < 1.29 is 13.6 Å². The van der Waals surface area contributed by atoms with Gasteiger partial charge in [0.2, 0.25) is 0 Å². The van der Waals surface area contributed by atoms with E-state index in [-0.39, 0.29) is 11.9 Å². The van der Waals surface area contributed by atoms with Crippen LogP contribution in [0.2, 0.25) is 10.0 Å². The Balaban J connectivity index is 1.36. The lowest BCUT2D eigenvalue weighted by molar-refractivity contribution is 0.0242. The summed E-state index contributed by atoms with van der Waals surface area (Å²) in [5, 5.41) is 6.55. The number of amides is 2. The van der Waals surface area contributed by atoms with Crippen LogP contribution < -0.4 is 10.6 Å². The van der Waals surface area contributed by atoms with E-state index in [2.05, 4.69) is 20.4 Å². The van der Waals surface area contributed by atoms with Crippen LogP contribution in [0.25, 0.3) is 0 Å². The predicted molar refractivity (Wildman–Crippen MR) is 152 cm³/mol. The smallest absolute Gasteiger partial charge is 0.319 e. The van der Waals surface area contributed by atoms with E-state index in [1.807, 2.05) is 6.92 Å². The van der Waals surface area contributed by atoms with E-state index < -0.39 is 23.3 Å². The molecular weight excluding hydrogens is 529 g/mol. The van der Waals surface area contributed by atoms with Crippen molar-refractivity contribution in [1.29, 1.82) is 0 Å². The van der Waals surface area contributed by atoms with Crippen molar-refractivity contribution in [1.82, 2.24) is 15.1 Å². The molecule has 5 nitrogen and oxygen atoms in total. The number of alkyl halides is 1. The third-order valence-corrected chi connectivity index (χ3v) is 10.1. The van der Waals surface area contributed by atoms with Crippen LogP contribution in [0.3, 0.4) is 0 Å². The van der Waals surface area contributed by atoms with Gasteiger partial charge in [-0.2, -0.15) is 0 Å². The summed E-state index contributed by atoms with van der Waals surface area (Å²) in [5.74, 6) is -1.17. The minimum Gasteiger partial charge on any atom is -0.338 e. The summed E-state index contributed by atoms with van der Waals surface area (Å²) in [6.45, 7) is 9.68. The van der Waals surface area contributed by atoms with E-state index in [0.29, 0.717) is 34.7 Å². The number of piperidine rings is 2. The first-order chi connectivity index (χ1) is 18.2. The molecule has 1 aromatic rings. The summed E-state index contributed by atoms with van der Waals surface area (Å²) in [6, 6.07) is 5.24. The number of benzene rings is 1. The Kier molecular flexibility index (Phi) is 10.3. The van der Waals surface area contributed by atoms with Gasteiger partial charge in [0.1, 0.15) is 5.83 Å². The molecule has 38 heavy (non-hydrogen) atoms. The van der Waals surface area contributed by atoms with Gasteiger partial charge in [0.15, 0.2) is 6.17 Å². The minimum atomic E-state index is -1.61. The molecule has 4 unspecified atom stereocenters. The maximum Gasteiger partial charge on any atom is 0.319 e. The maximum absolute atomic E-state index is 14.8. The Morgan fingerprint density at radius 1 is 1.13 bits per heavy atom. The number of anilines is 1. The fourth-order valence-corrected chi connectivity index (χ4v) is 6.79. The molecule has 0 bridgehead atoms. The minimum absolute atomic E-state index is 0.0144. The van der Waals surface area contributed by atoms with Crippen LogP contribution in [0.5, 0.6) is 0 Å². The van der Waals surface area contributed by atoms with Crippen LogP contribution >= 0.6 is 23.2 Å². The first kappa shape index (κ1) is 29.6. The molecule has 1 aliphatic carbocycles. The van der Waals surface area contributed by atoms with E-state index in [4.69, 9.17) is 23.2 Å². The number of rotatable bonds is 8. The number of urea groups is 1. The third-order valence-electron chi connectivity index (χ3n) is 9.36. The van der Waals surface area contributed by atoms with Gasteiger partial charge in [-0.15, -0.1) is 0 Å². The topological polar surface area (TPSA) is 47.6 Å². The van der Waals surface area contributed by atoms with Crippen LogP contribution in [0.1, 0.15) is 58.8 Å². The maximum atomic E-state index is 14.8. The van der Waals surface area contributed by atoms with Crippen molar-refractivity contribution >= 4 is 34.9 Å². The van der Waals surface area contributed by atoms with Gasteiger partial charge in [0.05, 0.1) is 10.0 Å². The molecule has 4 rings (SSSR count). The Labute approximate surface area is 236 Å². The summed E-state index contributed by atoms with van der Waals surface area (Å²) < 4.78 is 28.9. The molecule has 2 amide bonds. The standard InChI is InChI=1S/C29H42Cl2F2N4O/c1-20-27(33)26(32)8-12-29(20,2)21(19-34-28(38)35-22-6-7-24(30)25(31)18-22)9-15-36-16-10-23(11-17-36)37-13-4-3-5-14-37/h6-8,18,20-21,23,27H,3-5,9-17,19H2,1-2H3,(H2,34,35,38). The monoisotopic (exact) mass is 570 g/mol. The number of hydrogen-bond donors (Lipinski definition) is 2. The summed E-state index contributed by atoms with van der Waals surface area (Å²) in [6.07, 6.45) is 7.41. The molecular formula is C29H42Cl2F2N4O. The van der Waals surface area contributed by atoms with E-state index >= 15 is 0 Å². The van der Waals surface area contributed by atoms with Crippen molar-refractivity contribution in [3.63, 3.8) is 0 Å². The second kappa shape index (κ2) is 13.3. The molecule has 0 saturated carbocycles. The number of hydrogen-bond acceptors (Lipinski definition) is 3. The van der Waals surface area contributed by atoms with Crippen molar-refractivity contribution in [3.8, 4) is 0 Å². The lowest BCUT2D eigenvalue weighted by atomic mass is 9.61. The fourth-order valence-electron chi connectivity index (χ4n) is 6.49. The first-order valence-electron chi connectivity index (χ1n) is 14.1. The van der Waals surface area contributed by atoms with Crippen LogP contribution in [0, 0.1) is 17.3 Å². The van der Waals surface area contributed by atoms with Gasteiger partial charge in [-0.05, 0) is 113 Å². The highest BCUT2D eigenvalue weighted by atomic mass is 35.5. The van der Waals surface area contributed by atoms with Gasteiger partial charge in [-0.3, -0.25) is 0 Å². The highest BCUT2D eigenvalue weighted by molar-refractivity contribution is 6.42. The highest BCUT2D eigenvalue weighted by Gasteiger charge is 2.46. The summed E-state index contributed by atoms with van der Waals surface area (Å²) in [5.41, 5.74) is 0.0638. The Morgan fingerprint density at radius 3 is 2.53 bits per heavy atom. The van der Waals surface area contributed by atoms with E-state index in [9.17, 15) is 13.6 Å². The van der Waals surface area contributed by atoms with Gasteiger partial charge in [-0.25, -0.2) is 13.6 Å². The predicted octanol–water partition coefficient (Wildman–Crippen LogP) is 7.31. The SMILES string of the molecule is CC1C(F)C(F)=CCC1(C)C(CCN1CCC(N2CCCCC2)CC1)CNC(=O)Nc1ccc(Cl)c(Cl)c1. The third kappa shape index (κ3) is 7.21. The molecule has 9 heteroatoms. The number of likely N-dealkylation sites (tertiary alicyclic amines) is 2. The fraction of sp³-hybridized carbons (Fsp3) is 0.690. The van der Waals surface area contributed by atoms with Crippen molar-refractivity contribution in [2.24, 2.45) is 17.3 Å². The van der Waals surface area contributed by atoms with Crippen LogP contribution in [-0.4, -0.2) is 67.3 Å². The molecule has 0 spiro atoms. The lowest BCUT2D eigenvalue weighted by Crippen LogP contribution is -2.49. The zero-order valence-electron chi connectivity index (χ0n) is 22.6. The number of halogens is 4. The number of allylic oxidation sites excluding steroid dienone is 2. The molecule has 2 heterocycles.